The number of aromatic nitrogens is 2. The summed E-state index contributed by atoms with van der Waals surface area (Å²) >= 11 is 0. The Labute approximate surface area is 80.8 Å². The molecule has 0 amide bonds. The first kappa shape index (κ1) is 8.50. The van der Waals surface area contributed by atoms with Crippen LogP contribution in [0.4, 0.5) is 0 Å². The average molecular weight is 188 g/mol. The Kier molecular flexibility index (Phi) is 2.27. The minimum atomic E-state index is 0.0105. The number of ether oxygens (including phenoxy) is 1. The van der Waals surface area contributed by atoms with Gasteiger partial charge in [-0.15, -0.1) is 0 Å². The van der Waals surface area contributed by atoms with Crippen molar-refractivity contribution in [3.8, 4) is 17.4 Å². The molecule has 0 bridgehead atoms. The maximum atomic E-state index is 9.36. The smallest absolute Gasteiger partial charge is 0.262 e. The van der Waals surface area contributed by atoms with Gasteiger partial charge in [-0.2, -0.15) is 0 Å². The van der Waals surface area contributed by atoms with Crippen molar-refractivity contribution in [3.05, 3.63) is 42.9 Å². The molecule has 1 N–H and O–H groups in total. The highest BCUT2D eigenvalue weighted by molar-refractivity contribution is 5.34. The van der Waals surface area contributed by atoms with Crippen molar-refractivity contribution in [2.24, 2.45) is 0 Å². The molecule has 0 spiro atoms. The van der Waals surface area contributed by atoms with Crippen molar-refractivity contribution in [1.82, 2.24) is 9.97 Å². The number of nitrogens with zero attached hydrogens (tertiary/aromatic N) is 2. The van der Waals surface area contributed by atoms with Crippen LogP contribution >= 0.6 is 0 Å². The topological polar surface area (TPSA) is 55.2 Å². The molecule has 0 aliphatic heterocycles. The van der Waals surface area contributed by atoms with Gasteiger partial charge in [-0.05, 0) is 24.3 Å². The zero-order valence-electron chi connectivity index (χ0n) is 7.29. The van der Waals surface area contributed by atoms with Gasteiger partial charge in [0.15, 0.2) is 5.75 Å². The van der Waals surface area contributed by atoms with Crippen LogP contribution in [-0.2, 0) is 0 Å². The maximum absolute atomic E-state index is 9.36. The number of aromatic hydroxyl groups is 1. The third kappa shape index (κ3) is 1.80. The molecule has 2 rings (SSSR count). The van der Waals surface area contributed by atoms with Crippen LogP contribution in [-0.4, -0.2) is 15.1 Å². The number of hydrogen-bond donors (Lipinski definition) is 1. The Morgan fingerprint density at radius 1 is 1.14 bits per heavy atom. The Morgan fingerprint density at radius 2 is 2.00 bits per heavy atom. The summed E-state index contributed by atoms with van der Waals surface area (Å²) in [5, 5.41) is 9.36. The lowest BCUT2D eigenvalue weighted by atomic mass is 10.4. The van der Waals surface area contributed by atoms with Gasteiger partial charge in [0.1, 0.15) is 5.75 Å². The lowest BCUT2D eigenvalue weighted by Gasteiger charge is -2.04. The monoisotopic (exact) mass is 188 g/mol. The Morgan fingerprint density at radius 3 is 2.71 bits per heavy atom. The van der Waals surface area contributed by atoms with E-state index < -0.39 is 0 Å². The van der Waals surface area contributed by atoms with E-state index >= 15 is 0 Å². The number of hydrogen-bond acceptors (Lipinski definition) is 4. The minimum Gasteiger partial charge on any atom is -0.503 e. The summed E-state index contributed by atoms with van der Waals surface area (Å²) in [5.41, 5.74) is 0. The van der Waals surface area contributed by atoms with E-state index in [4.69, 9.17) is 4.74 Å². The molecule has 0 atom stereocenters. The minimum absolute atomic E-state index is 0.0105. The molecular weight excluding hydrogens is 180 g/mol. The van der Waals surface area contributed by atoms with Crippen molar-refractivity contribution in [3.63, 3.8) is 0 Å². The van der Waals surface area contributed by atoms with E-state index in [1.165, 1.54) is 6.07 Å². The van der Waals surface area contributed by atoms with Gasteiger partial charge in [-0.25, -0.2) is 4.98 Å². The fourth-order valence-electron chi connectivity index (χ4n) is 0.980. The molecule has 14 heavy (non-hydrogen) atoms. The van der Waals surface area contributed by atoms with E-state index in [0.717, 1.165) is 0 Å². The van der Waals surface area contributed by atoms with Gasteiger partial charge in [0.25, 0.3) is 5.88 Å². The second-order valence-corrected chi connectivity index (χ2v) is 2.62. The molecule has 0 fully saturated rings. The second-order valence-electron chi connectivity index (χ2n) is 2.62. The molecule has 0 unspecified atom stereocenters. The predicted octanol–water partition coefficient (Wildman–Crippen LogP) is 1.97. The van der Waals surface area contributed by atoms with Crippen molar-refractivity contribution < 1.29 is 9.84 Å². The molecule has 2 heterocycles. The summed E-state index contributed by atoms with van der Waals surface area (Å²) < 4.78 is 5.29. The van der Waals surface area contributed by atoms with Crippen molar-refractivity contribution >= 4 is 0 Å². The predicted molar refractivity (Wildman–Crippen MR) is 50.2 cm³/mol. The summed E-state index contributed by atoms with van der Waals surface area (Å²) in [5.74, 6) is 0.735. The van der Waals surface area contributed by atoms with E-state index in [2.05, 4.69) is 9.97 Å². The SMILES string of the molecule is Oc1cccnc1Oc1cccnc1. The summed E-state index contributed by atoms with van der Waals surface area (Å²) in [6.45, 7) is 0. The lowest BCUT2D eigenvalue weighted by Crippen LogP contribution is -1.87. The standard InChI is InChI=1S/C10H8N2O2/c13-9-4-2-6-12-10(9)14-8-3-1-5-11-7-8/h1-7,13H. The summed E-state index contributed by atoms with van der Waals surface area (Å²) in [7, 11) is 0. The molecular formula is C10H8N2O2. The van der Waals surface area contributed by atoms with E-state index in [1.807, 2.05) is 0 Å². The highest BCUT2D eigenvalue weighted by atomic mass is 16.5. The van der Waals surface area contributed by atoms with E-state index in [0.29, 0.717) is 5.75 Å². The fourth-order valence-corrected chi connectivity index (χ4v) is 0.980. The van der Waals surface area contributed by atoms with Gasteiger partial charge in [0.05, 0.1) is 6.20 Å². The van der Waals surface area contributed by atoms with Crippen LogP contribution in [0.25, 0.3) is 0 Å². The number of rotatable bonds is 2. The number of pyridine rings is 2. The van der Waals surface area contributed by atoms with Gasteiger partial charge < -0.3 is 9.84 Å². The zero-order chi connectivity index (χ0) is 9.80. The largest absolute Gasteiger partial charge is 0.503 e. The zero-order valence-corrected chi connectivity index (χ0v) is 7.29. The normalized spacial score (nSPS) is 9.71. The van der Waals surface area contributed by atoms with Gasteiger partial charge >= 0.3 is 0 Å². The van der Waals surface area contributed by atoms with Gasteiger partial charge in [0, 0.05) is 12.4 Å². The molecule has 4 heteroatoms. The van der Waals surface area contributed by atoms with E-state index in [1.54, 1.807) is 36.8 Å². The van der Waals surface area contributed by atoms with Gasteiger partial charge in [-0.1, -0.05) is 0 Å². The third-order valence-electron chi connectivity index (χ3n) is 1.60. The Balaban J connectivity index is 2.24. The quantitative estimate of drug-likeness (QED) is 0.782. The molecule has 0 aliphatic carbocycles. The van der Waals surface area contributed by atoms with Crippen LogP contribution < -0.4 is 4.74 Å². The molecule has 4 nitrogen and oxygen atoms in total. The molecule has 2 aromatic heterocycles. The van der Waals surface area contributed by atoms with Crippen molar-refractivity contribution in [2.75, 3.05) is 0 Å². The first-order valence-corrected chi connectivity index (χ1v) is 4.08. The van der Waals surface area contributed by atoms with Crippen LogP contribution in [0.2, 0.25) is 0 Å². The van der Waals surface area contributed by atoms with Gasteiger partial charge in [0.2, 0.25) is 0 Å². The second kappa shape index (κ2) is 3.74. The lowest BCUT2D eigenvalue weighted by molar-refractivity contribution is 0.397. The summed E-state index contributed by atoms with van der Waals surface area (Å²) in [6.07, 6.45) is 4.74. The van der Waals surface area contributed by atoms with Gasteiger partial charge in [-0.3, -0.25) is 4.98 Å². The van der Waals surface area contributed by atoms with Crippen LogP contribution in [0.1, 0.15) is 0 Å². The van der Waals surface area contributed by atoms with E-state index in [9.17, 15) is 5.11 Å². The fraction of sp³-hybridized carbons (Fsp3) is 0. The molecule has 0 saturated carbocycles. The van der Waals surface area contributed by atoms with Crippen LogP contribution in [0.3, 0.4) is 0 Å². The average Bonchev–Trinajstić information content (AvgIpc) is 2.23. The maximum Gasteiger partial charge on any atom is 0.262 e. The van der Waals surface area contributed by atoms with E-state index in [-0.39, 0.29) is 11.6 Å². The van der Waals surface area contributed by atoms with Crippen LogP contribution in [0.15, 0.2) is 42.9 Å². The highest BCUT2D eigenvalue weighted by Gasteiger charge is 2.02. The first-order valence-electron chi connectivity index (χ1n) is 4.08. The molecule has 0 saturated heterocycles. The molecule has 0 radical (unpaired) electrons. The molecule has 70 valence electrons. The summed E-state index contributed by atoms with van der Waals surface area (Å²) in [6, 6.07) is 6.63. The van der Waals surface area contributed by atoms with Crippen LogP contribution in [0, 0.1) is 0 Å². The van der Waals surface area contributed by atoms with Crippen molar-refractivity contribution in [2.45, 2.75) is 0 Å². The third-order valence-corrected chi connectivity index (χ3v) is 1.60. The summed E-state index contributed by atoms with van der Waals surface area (Å²) in [4.78, 5) is 7.75. The van der Waals surface area contributed by atoms with Crippen molar-refractivity contribution in [1.29, 1.82) is 0 Å². The Hall–Kier alpha value is -2.10. The Bertz CT molecular complexity index is 417. The van der Waals surface area contributed by atoms with Crippen LogP contribution in [0.5, 0.6) is 17.4 Å². The first-order chi connectivity index (χ1) is 6.86. The highest BCUT2D eigenvalue weighted by Crippen LogP contribution is 2.26. The molecule has 0 aliphatic rings. The molecule has 0 aromatic carbocycles. The molecule has 2 aromatic rings.